The van der Waals surface area contributed by atoms with Crippen molar-refractivity contribution in [2.24, 2.45) is 5.92 Å². The number of hydrogen-bond donors (Lipinski definition) is 1. The first-order valence-electron chi connectivity index (χ1n) is 5.70. The lowest BCUT2D eigenvalue weighted by atomic mass is 9.78. The quantitative estimate of drug-likeness (QED) is 0.647. The van der Waals surface area contributed by atoms with E-state index < -0.39 is 0 Å². The summed E-state index contributed by atoms with van der Waals surface area (Å²) < 4.78 is 0. The molecular weight excluding hydrogens is 186 g/mol. The van der Waals surface area contributed by atoms with E-state index in [1.54, 1.807) is 0 Å². The van der Waals surface area contributed by atoms with Gasteiger partial charge in [-0.2, -0.15) is 0 Å². The minimum atomic E-state index is 0.0728. The summed E-state index contributed by atoms with van der Waals surface area (Å²) in [5, 5.41) is 3.45. The predicted molar refractivity (Wildman–Crippen MR) is 59.4 cm³/mol. The van der Waals surface area contributed by atoms with Crippen molar-refractivity contribution in [2.45, 2.75) is 31.3 Å². The molecule has 0 amide bonds. The molecule has 0 aromatic carbocycles. The van der Waals surface area contributed by atoms with Crippen molar-refractivity contribution in [3.05, 3.63) is 36.0 Å². The Kier molecular flexibility index (Phi) is 2.10. The maximum absolute atomic E-state index is 11.8. The highest BCUT2D eigenvalue weighted by Gasteiger charge is 2.35. The van der Waals surface area contributed by atoms with Crippen LogP contribution in [0.5, 0.6) is 0 Å². The third kappa shape index (κ3) is 1.49. The van der Waals surface area contributed by atoms with Crippen LogP contribution >= 0.6 is 0 Å². The van der Waals surface area contributed by atoms with Gasteiger partial charge in [-0.05, 0) is 24.3 Å². The molecule has 2 nitrogen and oxygen atoms in total. The van der Waals surface area contributed by atoms with Crippen LogP contribution in [0.2, 0.25) is 0 Å². The third-order valence-electron chi connectivity index (χ3n) is 3.56. The van der Waals surface area contributed by atoms with Crippen LogP contribution in [-0.4, -0.2) is 17.9 Å². The first kappa shape index (κ1) is 9.10. The van der Waals surface area contributed by atoms with E-state index in [4.69, 9.17) is 0 Å². The van der Waals surface area contributed by atoms with Crippen molar-refractivity contribution >= 4 is 5.78 Å². The summed E-state index contributed by atoms with van der Waals surface area (Å²) in [7, 11) is 0. The van der Waals surface area contributed by atoms with Gasteiger partial charge >= 0.3 is 0 Å². The zero-order valence-electron chi connectivity index (χ0n) is 8.65. The number of ketones is 1. The highest BCUT2D eigenvalue weighted by molar-refractivity contribution is 5.86. The van der Waals surface area contributed by atoms with Crippen LogP contribution in [0.25, 0.3) is 0 Å². The molecule has 1 saturated carbocycles. The Morgan fingerprint density at radius 3 is 3.20 bits per heavy atom. The van der Waals surface area contributed by atoms with Crippen molar-refractivity contribution in [3.63, 3.8) is 0 Å². The molecular formula is C13H15NO. The van der Waals surface area contributed by atoms with Gasteiger partial charge in [0.25, 0.3) is 0 Å². The molecule has 1 heterocycles. The van der Waals surface area contributed by atoms with E-state index in [9.17, 15) is 4.79 Å². The van der Waals surface area contributed by atoms with Gasteiger partial charge in [0.2, 0.25) is 0 Å². The third-order valence-corrected chi connectivity index (χ3v) is 3.56. The Labute approximate surface area is 89.7 Å². The number of carbonyl (C=O) groups excluding carboxylic acids is 1. The maximum atomic E-state index is 11.8. The second-order valence-electron chi connectivity index (χ2n) is 4.56. The van der Waals surface area contributed by atoms with Crippen molar-refractivity contribution < 1.29 is 4.79 Å². The number of hydrogen-bond acceptors (Lipinski definition) is 2. The van der Waals surface area contributed by atoms with Crippen LogP contribution in [0.1, 0.15) is 19.3 Å². The molecule has 3 unspecified atom stereocenters. The van der Waals surface area contributed by atoms with Crippen LogP contribution in [0.15, 0.2) is 36.0 Å². The smallest absolute Gasteiger partial charge is 0.150 e. The van der Waals surface area contributed by atoms with Crippen LogP contribution in [-0.2, 0) is 4.79 Å². The molecule has 78 valence electrons. The van der Waals surface area contributed by atoms with Crippen LogP contribution in [0, 0.1) is 5.92 Å². The molecule has 1 aliphatic heterocycles. The average Bonchev–Trinajstić information content (AvgIpc) is 2.27. The lowest BCUT2D eigenvalue weighted by Gasteiger charge is -2.37. The van der Waals surface area contributed by atoms with Gasteiger partial charge in [-0.25, -0.2) is 0 Å². The van der Waals surface area contributed by atoms with E-state index in [-0.39, 0.29) is 12.1 Å². The zero-order valence-corrected chi connectivity index (χ0v) is 8.65. The van der Waals surface area contributed by atoms with Gasteiger partial charge in [0.05, 0.1) is 12.1 Å². The normalized spacial score (nSPS) is 38.3. The number of carbonyl (C=O) groups is 1. The molecule has 0 aromatic rings. The van der Waals surface area contributed by atoms with Crippen molar-refractivity contribution in [1.82, 2.24) is 5.32 Å². The van der Waals surface area contributed by atoms with Gasteiger partial charge in [-0.3, -0.25) is 10.1 Å². The first-order chi connectivity index (χ1) is 7.34. The summed E-state index contributed by atoms with van der Waals surface area (Å²) in [6, 6.07) is 0.335. The summed E-state index contributed by atoms with van der Waals surface area (Å²) >= 11 is 0. The first-order valence-corrected chi connectivity index (χ1v) is 5.70. The van der Waals surface area contributed by atoms with E-state index in [0.29, 0.717) is 11.7 Å². The molecule has 3 atom stereocenters. The Hall–Kier alpha value is -1.15. The minimum Gasteiger partial charge on any atom is -0.298 e. The monoisotopic (exact) mass is 201 g/mol. The van der Waals surface area contributed by atoms with E-state index in [1.807, 2.05) is 6.08 Å². The molecule has 3 rings (SSSR count). The summed E-state index contributed by atoms with van der Waals surface area (Å²) in [4.78, 5) is 11.8. The van der Waals surface area contributed by atoms with Crippen LogP contribution in [0.3, 0.4) is 0 Å². The van der Waals surface area contributed by atoms with Crippen molar-refractivity contribution in [1.29, 1.82) is 0 Å². The molecule has 1 N–H and O–H groups in total. The summed E-state index contributed by atoms with van der Waals surface area (Å²) in [5.41, 5.74) is 1.33. The second kappa shape index (κ2) is 3.46. The number of nitrogens with one attached hydrogen (secondary N) is 1. The Bertz CT molecular complexity index is 378. The highest BCUT2D eigenvalue weighted by Crippen LogP contribution is 2.30. The molecule has 3 aliphatic rings. The molecule has 0 radical (unpaired) electrons. The molecule has 1 fully saturated rings. The van der Waals surface area contributed by atoms with E-state index >= 15 is 0 Å². The number of rotatable bonds is 0. The van der Waals surface area contributed by atoms with Crippen molar-refractivity contribution in [2.75, 3.05) is 0 Å². The zero-order chi connectivity index (χ0) is 10.3. The fourth-order valence-electron chi connectivity index (χ4n) is 2.78. The summed E-state index contributed by atoms with van der Waals surface area (Å²) in [6.07, 6.45) is 13.6. The van der Waals surface area contributed by atoms with Crippen LogP contribution < -0.4 is 5.32 Å². The van der Waals surface area contributed by atoms with E-state index in [0.717, 1.165) is 19.3 Å². The maximum Gasteiger partial charge on any atom is 0.150 e. The fraction of sp³-hybridized carbons (Fsp3) is 0.462. The number of allylic oxidation sites excluding steroid dienone is 2. The van der Waals surface area contributed by atoms with Gasteiger partial charge in [0, 0.05) is 6.42 Å². The Balaban J connectivity index is 1.93. The van der Waals surface area contributed by atoms with Gasteiger partial charge < -0.3 is 0 Å². The average molecular weight is 201 g/mol. The lowest BCUT2D eigenvalue weighted by Crippen LogP contribution is -2.52. The Morgan fingerprint density at radius 2 is 2.27 bits per heavy atom. The lowest BCUT2D eigenvalue weighted by molar-refractivity contribution is -0.123. The van der Waals surface area contributed by atoms with E-state index in [2.05, 4.69) is 29.6 Å². The standard InChI is InChI=1S/C13H15NO/c15-12-7-3-5-10-8-9-4-1-2-6-11(9)14-13(10)12/h1-2,4,6,8,10-11,13-14H,3,5,7H2. The molecule has 2 aliphatic carbocycles. The second-order valence-corrected chi connectivity index (χ2v) is 4.56. The topological polar surface area (TPSA) is 29.1 Å². The number of fused-ring (bicyclic) bond motifs is 2. The molecule has 0 aromatic heterocycles. The van der Waals surface area contributed by atoms with Gasteiger partial charge in [-0.15, -0.1) is 0 Å². The van der Waals surface area contributed by atoms with Crippen molar-refractivity contribution in [3.8, 4) is 0 Å². The van der Waals surface area contributed by atoms with Gasteiger partial charge in [-0.1, -0.05) is 30.4 Å². The Morgan fingerprint density at radius 1 is 1.33 bits per heavy atom. The van der Waals surface area contributed by atoms with Crippen LogP contribution in [0.4, 0.5) is 0 Å². The fourth-order valence-corrected chi connectivity index (χ4v) is 2.78. The number of Topliss-reactive ketones (excluding diaryl/α,β-unsaturated/α-hetero) is 1. The molecule has 0 saturated heterocycles. The SMILES string of the molecule is O=C1CCCC2C=C3C=CC=CC3NC12. The van der Waals surface area contributed by atoms with Gasteiger partial charge in [0.1, 0.15) is 5.78 Å². The highest BCUT2D eigenvalue weighted by atomic mass is 16.1. The predicted octanol–water partition coefficient (Wildman–Crippen LogP) is 1.75. The minimum absolute atomic E-state index is 0.0728. The largest absolute Gasteiger partial charge is 0.298 e. The van der Waals surface area contributed by atoms with Gasteiger partial charge in [0.15, 0.2) is 0 Å². The van der Waals surface area contributed by atoms with E-state index in [1.165, 1.54) is 5.57 Å². The molecule has 15 heavy (non-hydrogen) atoms. The molecule has 2 heteroatoms. The summed E-state index contributed by atoms with van der Waals surface area (Å²) in [5.74, 6) is 0.818. The summed E-state index contributed by atoms with van der Waals surface area (Å²) in [6.45, 7) is 0. The molecule has 0 bridgehead atoms. The molecule has 0 spiro atoms.